The molecule has 18 heavy (non-hydrogen) atoms. The predicted molar refractivity (Wildman–Crippen MR) is 70.2 cm³/mol. The van der Waals surface area contributed by atoms with Gasteiger partial charge in [-0.2, -0.15) is 0 Å². The zero-order valence-electron chi connectivity index (χ0n) is 9.53. The largest absolute Gasteiger partial charge is 0.391 e. The molecule has 1 aliphatic carbocycles. The second kappa shape index (κ2) is 4.56. The van der Waals surface area contributed by atoms with Gasteiger partial charge >= 0.3 is 0 Å². The molecule has 1 aromatic carbocycles. The van der Waals surface area contributed by atoms with Crippen molar-refractivity contribution < 1.29 is 9.63 Å². The van der Waals surface area contributed by atoms with Crippen molar-refractivity contribution in [2.75, 3.05) is 0 Å². The molecule has 1 heterocycles. The molecule has 0 unspecified atom stereocenters. The minimum atomic E-state index is -0.145. The number of Topliss-reactive ketones (excluding diaryl/α,β-unsaturated/α-hetero) is 1. The van der Waals surface area contributed by atoms with Gasteiger partial charge in [-0.1, -0.05) is 34.4 Å². The van der Waals surface area contributed by atoms with Crippen molar-refractivity contribution in [3.63, 3.8) is 0 Å². The molecule has 3 rings (SSSR count). The number of oxime groups is 1. The third kappa shape index (κ3) is 1.91. The lowest BCUT2D eigenvalue weighted by atomic mass is 9.81. The normalized spacial score (nSPS) is 26.6. The van der Waals surface area contributed by atoms with Crippen LogP contribution in [-0.4, -0.2) is 17.6 Å². The van der Waals surface area contributed by atoms with Crippen molar-refractivity contribution in [2.24, 2.45) is 11.1 Å². The van der Waals surface area contributed by atoms with Crippen LogP contribution in [0.2, 0.25) is 10.0 Å². The van der Waals surface area contributed by atoms with Crippen LogP contribution in [0.15, 0.2) is 23.4 Å². The third-order valence-electron chi connectivity index (χ3n) is 3.47. The topological polar surface area (TPSA) is 38.7 Å². The van der Waals surface area contributed by atoms with Crippen molar-refractivity contribution in [1.82, 2.24) is 0 Å². The van der Waals surface area contributed by atoms with E-state index in [9.17, 15) is 4.79 Å². The Kier molecular flexibility index (Phi) is 3.04. The van der Waals surface area contributed by atoms with Crippen molar-refractivity contribution in [1.29, 1.82) is 0 Å². The Hall–Kier alpha value is -1.06. The van der Waals surface area contributed by atoms with Crippen molar-refractivity contribution in [2.45, 2.75) is 25.4 Å². The van der Waals surface area contributed by atoms with Crippen molar-refractivity contribution >= 4 is 34.7 Å². The van der Waals surface area contributed by atoms with Gasteiger partial charge in [-0.25, -0.2) is 0 Å². The van der Waals surface area contributed by atoms with Crippen LogP contribution in [0.25, 0.3) is 0 Å². The quantitative estimate of drug-likeness (QED) is 0.792. The first-order valence-corrected chi connectivity index (χ1v) is 6.62. The molecule has 0 spiro atoms. The number of carbonyl (C=O) groups is 1. The number of nitrogens with zero attached hydrogens (tertiary/aromatic N) is 1. The summed E-state index contributed by atoms with van der Waals surface area (Å²) in [6, 6.07) is 5.37. The van der Waals surface area contributed by atoms with Crippen LogP contribution in [0, 0.1) is 5.92 Å². The number of hydrogen-bond donors (Lipinski definition) is 0. The Morgan fingerprint density at radius 3 is 2.72 bits per heavy atom. The van der Waals surface area contributed by atoms with Gasteiger partial charge in [-0.3, -0.25) is 4.79 Å². The van der Waals surface area contributed by atoms with Gasteiger partial charge in [0, 0.05) is 24.3 Å². The monoisotopic (exact) mass is 283 g/mol. The molecule has 0 bridgehead atoms. The lowest BCUT2D eigenvalue weighted by molar-refractivity contribution is -0.124. The first-order valence-electron chi connectivity index (χ1n) is 5.86. The Bertz CT molecular complexity index is 522. The van der Waals surface area contributed by atoms with E-state index < -0.39 is 0 Å². The number of hydrogen-bond acceptors (Lipinski definition) is 3. The zero-order valence-corrected chi connectivity index (χ0v) is 11.0. The second-order valence-corrected chi connectivity index (χ2v) is 5.42. The molecular formula is C13H11Cl2NO2. The fourth-order valence-corrected chi connectivity index (χ4v) is 3.15. The molecule has 1 fully saturated rings. The van der Waals surface area contributed by atoms with E-state index in [1.54, 1.807) is 18.2 Å². The highest BCUT2D eigenvalue weighted by molar-refractivity contribution is 6.40. The van der Waals surface area contributed by atoms with Gasteiger partial charge in [0.1, 0.15) is 11.9 Å². The second-order valence-electron chi connectivity index (χ2n) is 4.61. The number of carbonyl (C=O) groups excluding carboxylic acids is 1. The molecule has 0 saturated heterocycles. The summed E-state index contributed by atoms with van der Waals surface area (Å²) < 4.78 is 0. The van der Waals surface area contributed by atoms with E-state index >= 15 is 0 Å². The van der Waals surface area contributed by atoms with Crippen LogP contribution < -0.4 is 0 Å². The molecule has 1 saturated carbocycles. The van der Waals surface area contributed by atoms with Gasteiger partial charge in [0.2, 0.25) is 0 Å². The molecule has 0 amide bonds. The van der Waals surface area contributed by atoms with E-state index in [1.807, 2.05) is 0 Å². The maximum Gasteiger partial charge on any atom is 0.142 e. The highest BCUT2D eigenvalue weighted by Crippen LogP contribution is 2.37. The molecule has 0 aromatic heterocycles. The fourth-order valence-electron chi connectivity index (χ4n) is 2.56. The summed E-state index contributed by atoms with van der Waals surface area (Å²) in [5.74, 6) is 0.359. The smallest absolute Gasteiger partial charge is 0.142 e. The maximum absolute atomic E-state index is 11.4. The van der Waals surface area contributed by atoms with Gasteiger partial charge in [0.25, 0.3) is 0 Å². The zero-order chi connectivity index (χ0) is 12.7. The summed E-state index contributed by atoms with van der Waals surface area (Å²) in [4.78, 5) is 16.8. The molecule has 0 N–H and O–H groups in total. The van der Waals surface area contributed by atoms with E-state index in [0.717, 1.165) is 17.7 Å². The number of benzene rings is 1. The lowest BCUT2D eigenvalue weighted by Crippen LogP contribution is -2.31. The number of ketones is 1. The minimum Gasteiger partial charge on any atom is -0.391 e. The van der Waals surface area contributed by atoms with Crippen LogP contribution in [0.3, 0.4) is 0 Å². The SMILES string of the molecule is O=C1CC[C@H]2C(c3c(Cl)cccc3Cl)=NO[C@@H]2C1. The molecule has 0 radical (unpaired) electrons. The lowest BCUT2D eigenvalue weighted by Gasteiger charge is -2.23. The Morgan fingerprint density at radius 2 is 2.00 bits per heavy atom. The molecular weight excluding hydrogens is 273 g/mol. The van der Waals surface area contributed by atoms with Crippen LogP contribution in [0.5, 0.6) is 0 Å². The molecule has 94 valence electrons. The first-order chi connectivity index (χ1) is 8.66. The molecule has 1 aromatic rings. The molecule has 2 atom stereocenters. The average Bonchev–Trinajstić information content (AvgIpc) is 2.72. The van der Waals surface area contributed by atoms with Gasteiger partial charge in [-0.05, 0) is 18.6 Å². The molecule has 3 nitrogen and oxygen atoms in total. The van der Waals surface area contributed by atoms with Gasteiger partial charge in [0.05, 0.1) is 15.8 Å². The fraction of sp³-hybridized carbons (Fsp3) is 0.385. The highest BCUT2D eigenvalue weighted by atomic mass is 35.5. The summed E-state index contributed by atoms with van der Waals surface area (Å²) in [6.45, 7) is 0. The summed E-state index contributed by atoms with van der Waals surface area (Å²) in [5.41, 5.74) is 1.52. The Labute approximate surface area is 115 Å². The molecule has 1 aliphatic heterocycles. The van der Waals surface area contributed by atoms with Crippen LogP contribution >= 0.6 is 23.2 Å². The summed E-state index contributed by atoms with van der Waals surface area (Å²) >= 11 is 12.4. The summed E-state index contributed by atoms with van der Waals surface area (Å²) in [6.07, 6.45) is 1.61. The van der Waals surface area contributed by atoms with Crippen LogP contribution in [-0.2, 0) is 9.63 Å². The summed E-state index contributed by atoms with van der Waals surface area (Å²) in [7, 11) is 0. The van der Waals surface area contributed by atoms with Crippen LogP contribution in [0.1, 0.15) is 24.8 Å². The van der Waals surface area contributed by atoms with Crippen molar-refractivity contribution in [3.8, 4) is 0 Å². The third-order valence-corrected chi connectivity index (χ3v) is 4.10. The van der Waals surface area contributed by atoms with E-state index in [2.05, 4.69) is 5.16 Å². The highest BCUT2D eigenvalue weighted by Gasteiger charge is 2.40. The van der Waals surface area contributed by atoms with E-state index in [-0.39, 0.29) is 17.8 Å². The van der Waals surface area contributed by atoms with E-state index in [1.165, 1.54) is 0 Å². The van der Waals surface area contributed by atoms with Crippen LogP contribution in [0.4, 0.5) is 0 Å². The standard InChI is InChI=1S/C13H11Cl2NO2/c14-9-2-1-3-10(15)12(9)13-8-5-4-7(17)6-11(8)18-16-13/h1-3,8,11H,4-6H2/t8-,11-/m1/s1. The van der Waals surface area contributed by atoms with Gasteiger partial charge < -0.3 is 4.84 Å². The van der Waals surface area contributed by atoms with E-state index in [4.69, 9.17) is 28.0 Å². The first kappa shape index (κ1) is 12.0. The van der Waals surface area contributed by atoms with Gasteiger partial charge in [0.15, 0.2) is 0 Å². The Balaban J connectivity index is 1.97. The van der Waals surface area contributed by atoms with E-state index in [0.29, 0.717) is 22.9 Å². The maximum atomic E-state index is 11.4. The number of rotatable bonds is 1. The minimum absolute atomic E-state index is 0.125. The van der Waals surface area contributed by atoms with Crippen molar-refractivity contribution in [3.05, 3.63) is 33.8 Å². The number of halogens is 2. The average molecular weight is 284 g/mol. The molecule has 2 aliphatic rings. The van der Waals surface area contributed by atoms with Gasteiger partial charge in [-0.15, -0.1) is 0 Å². The molecule has 5 heteroatoms. The number of fused-ring (bicyclic) bond motifs is 1. The summed E-state index contributed by atoms with van der Waals surface area (Å²) in [5, 5.41) is 5.25. The Morgan fingerprint density at radius 1 is 1.28 bits per heavy atom. The predicted octanol–water partition coefficient (Wildman–Crippen LogP) is 3.47.